The molecule has 0 heterocycles. The molecule has 2 N–H and O–H groups in total. The van der Waals surface area contributed by atoms with Crippen LogP contribution in [0, 0.1) is 10.8 Å². The summed E-state index contributed by atoms with van der Waals surface area (Å²) in [6.07, 6.45) is 2.38. The monoisotopic (exact) mass is 172 g/mol. The van der Waals surface area contributed by atoms with Gasteiger partial charge < -0.3 is 10.2 Å². The van der Waals surface area contributed by atoms with Crippen LogP contribution in [-0.2, 0) is 0 Å². The van der Waals surface area contributed by atoms with E-state index in [0.29, 0.717) is 0 Å². The largest absolute Gasteiger partial charge is 0.396 e. The first-order valence-corrected chi connectivity index (χ1v) is 4.66. The summed E-state index contributed by atoms with van der Waals surface area (Å²) in [6, 6.07) is 0. The molecule has 1 aliphatic rings. The van der Waals surface area contributed by atoms with Crippen molar-refractivity contribution < 1.29 is 10.2 Å². The molecule has 2 unspecified atom stereocenters. The Labute approximate surface area is 74.6 Å². The Balaban J connectivity index is 2.70. The summed E-state index contributed by atoms with van der Waals surface area (Å²) in [6.45, 7) is 6.55. The molecule has 1 saturated carbocycles. The van der Waals surface area contributed by atoms with E-state index in [4.69, 9.17) is 0 Å². The normalized spacial score (nSPS) is 41.2. The van der Waals surface area contributed by atoms with Crippen LogP contribution in [0.5, 0.6) is 0 Å². The molecular formula is C10H20O2. The summed E-state index contributed by atoms with van der Waals surface area (Å²) in [7, 11) is 0. The highest BCUT2D eigenvalue weighted by Crippen LogP contribution is 2.45. The molecule has 0 bridgehead atoms. The van der Waals surface area contributed by atoms with Crippen LogP contribution in [0.2, 0.25) is 0 Å². The first-order chi connectivity index (χ1) is 5.37. The molecule has 2 nitrogen and oxygen atoms in total. The fourth-order valence-electron chi connectivity index (χ4n) is 2.70. The SMILES string of the molecule is CC1(C)CC(O)CC(C)(CO)C1. The molecule has 2 atom stereocenters. The van der Waals surface area contributed by atoms with Crippen molar-refractivity contribution >= 4 is 0 Å². The van der Waals surface area contributed by atoms with Crippen molar-refractivity contribution in [1.29, 1.82) is 0 Å². The maximum atomic E-state index is 9.60. The summed E-state index contributed by atoms with van der Waals surface area (Å²) < 4.78 is 0. The summed E-state index contributed by atoms with van der Waals surface area (Å²) in [5.41, 5.74) is 0.107. The standard InChI is InChI=1S/C10H20O2/c1-9(2)4-8(12)5-10(3,6-9)7-11/h8,11-12H,4-7H2,1-3H3. The van der Waals surface area contributed by atoms with Crippen LogP contribution >= 0.6 is 0 Å². The van der Waals surface area contributed by atoms with Gasteiger partial charge in [-0.1, -0.05) is 20.8 Å². The van der Waals surface area contributed by atoms with E-state index in [2.05, 4.69) is 20.8 Å². The van der Waals surface area contributed by atoms with Gasteiger partial charge in [0.15, 0.2) is 0 Å². The van der Waals surface area contributed by atoms with E-state index in [1.807, 2.05) is 0 Å². The highest BCUT2D eigenvalue weighted by Gasteiger charge is 2.40. The Hall–Kier alpha value is -0.0800. The van der Waals surface area contributed by atoms with Crippen LogP contribution in [0.1, 0.15) is 40.0 Å². The van der Waals surface area contributed by atoms with Crippen LogP contribution < -0.4 is 0 Å². The van der Waals surface area contributed by atoms with Crippen molar-refractivity contribution in [2.24, 2.45) is 10.8 Å². The lowest BCUT2D eigenvalue weighted by atomic mass is 9.64. The molecule has 0 radical (unpaired) electrons. The minimum absolute atomic E-state index is 0.0683. The number of rotatable bonds is 1. The average Bonchev–Trinajstić information content (AvgIpc) is 1.82. The molecule has 12 heavy (non-hydrogen) atoms. The van der Waals surface area contributed by atoms with Crippen molar-refractivity contribution in [2.45, 2.75) is 46.1 Å². The van der Waals surface area contributed by atoms with Gasteiger partial charge in [-0.25, -0.2) is 0 Å². The lowest BCUT2D eigenvalue weighted by Gasteiger charge is -2.44. The molecule has 1 rings (SSSR count). The summed E-state index contributed by atoms with van der Waals surface area (Å²) in [5, 5.41) is 18.8. The second-order valence-corrected chi connectivity index (χ2v) is 5.37. The van der Waals surface area contributed by atoms with Crippen molar-refractivity contribution in [3.8, 4) is 0 Å². The first-order valence-electron chi connectivity index (χ1n) is 4.66. The third-order valence-electron chi connectivity index (χ3n) is 2.80. The van der Waals surface area contributed by atoms with Gasteiger partial charge in [-0.05, 0) is 30.1 Å². The molecule has 2 heteroatoms. The van der Waals surface area contributed by atoms with Crippen LogP contribution in [0.3, 0.4) is 0 Å². The van der Waals surface area contributed by atoms with Crippen LogP contribution in [0.4, 0.5) is 0 Å². The number of aliphatic hydroxyl groups is 2. The first kappa shape index (κ1) is 10.0. The zero-order valence-corrected chi connectivity index (χ0v) is 8.30. The maximum Gasteiger partial charge on any atom is 0.0551 e. The summed E-state index contributed by atoms with van der Waals surface area (Å²) in [5.74, 6) is 0. The molecule has 0 aromatic rings. The van der Waals surface area contributed by atoms with E-state index in [1.165, 1.54) is 0 Å². The third kappa shape index (κ3) is 2.20. The number of hydrogen-bond acceptors (Lipinski definition) is 2. The van der Waals surface area contributed by atoms with E-state index in [0.717, 1.165) is 19.3 Å². The zero-order chi connectivity index (χ0) is 9.41. The van der Waals surface area contributed by atoms with Crippen LogP contribution in [0.15, 0.2) is 0 Å². The van der Waals surface area contributed by atoms with Gasteiger partial charge in [0.2, 0.25) is 0 Å². The maximum absolute atomic E-state index is 9.60. The fraction of sp³-hybridized carbons (Fsp3) is 1.00. The van der Waals surface area contributed by atoms with Gasteiger partial charge in [-0.3, -0.25) is 0 Å². The summed E-state index contributed by atoms with van der Waals surface area (Å²) >= 11 is 0. The highest BCUT2D eigenvalue weighted by molar-refractivity contribution is 4.90. The second-order valence-electron chi connectivity index (χ2n) is 5.37. The van der Waals surface area contributed by atoms with E-state index in [1.54, 1.807) is 0 Å². The summed E-state index contributed by atoms with van der Waals surface area (Å²) in [4.78, 5) is 0. The molecule has 72 valence electrons. The number of aliphatic hydroxyl groups excluding tert-OH is 2. The highest BCUT2D eigenvalue weighted by atomic mass is 16.3. The molecular weight excluding hydrogens is 152 g/mol. The van der Waals surface area contributed by atoms with Gasteiger partial charge in [0.05, 0.1) is 6.10 Å². The predicted octanol–water partition coefficient (Wildman–Crippen LogP) is 1.56. The quantitative estimate of drug-likeness (QED) is 0.630. The molecule has 0 amide bonds. The van der Waals surface area contributed by atoms with E-state index < -0.39 is 0 Å². The lowest BCUT2D eigenvalue weighted by molar-refractivity contribution is -0.0349. The van der Waals surface area contributed by atoms with Crippen molar-refractivity contribution in [3.63, 3.8) is 0 Å². The van der Waals surface area contributed by atoms with E-state index in [9.17, 15) is 10.2 Å². The van der Waals surface area contributed by atoms with E-state index in [-0.39, 0.29) is 23.5 Å². The van der Waals surface area contributed by atoms with Crippen molar-refractivity contribution in [2.75, 3.05) is 6.61 Å². The third-order valence-corrected chi connectivity index (χ3v) is 2.80. The molecule has 1 fully saturated rings. The Morgan fingerprint density at radius 1 is 1.25 bits per heavy atom. The van der Waals surface area contributed by atoms with Gasteiger partial charge >= 0.3 is 0 Å². The molecule has 0 aliphatic heterocycles. The Morgan fingerprint density at radius 3 is 2.25 bits per heavy atom. The Morgan fingerprint density at radius 2 is 1.83 bits per heavy atom. The van der Waals surface area contributed by atoms with E-state index >= 15 is 0 Å². The molecule has 1 aliphatic carbocycles. The van der Waals surface area contributed by atoms with Gasteiger partial charge in [0, 0.05) is 6.61 Å². The van der Waals surface area contributed by atoms with Crippen LogP contribution in [-0.4, -0.2) is 22.9 Å². The number of hydrogen-bond donors (Lipinski definition) is 2. The molecule has 0 aromatic heterocycles. The lowest BCUT2D eigenvalue weighted by Crippen LogP contribution is -2.40. The Bertz CT molecular complexity index is 165. The van der Waals surface area contributed by atoms with Gasteiger partial charge in [-0.15, -0.1) is 0 Å². The van der Waals surface area contributed by atoms with Gasteiger partial charge in [0.25, 0.3) is 0 Å². The topological polar surface area (TPSA) is 40.5 Å². The predicted molar refractivity (Wildman–Crippen MR) is 48.8 cm³/mol. The molecule has 0 spiro atoms. The van der Waals surface area contributed by atoms with Gasteiger partial charge in [0.1, 0.15) is 0 Å². The molecule has 0 aromatic carbocycles. The van der Waals surface area contributed by atoms with Crippen LogP contribution in [0.25, 0.3) is 0 Å². The minimum atomic E-state index is -0.231. The van der Waals surface area contributed by atoms with Crippen molar-refractivity contribution in [3.05, 3.63) is 0 Å². The van der Waals surface area contributed by atoms with Gasteiger partial charge in [-0.2, -0.15) is 0 Å². The molecule has 0 saturated heterocycles. The second kappa shape index (κ2) is 3.00. The minimum Gasteiger partial charge on any atom is -0.396 e. The average molecular weight is 172 g/mol. The van der Waals surface area contributed by atoms with Crippen molar-refractivity contribution in [1.82, 2.24) is 0 Å². The fourth-order valence-corrected chi connectivity index (χ4v) is 2.70. The zero-order valence-electron chi connectivity index (χ0n) is 8.30. The Kier molecular flexibility index (Phi) is 2.50. The smallest absolute Gasteiger partial charge is 0.0551 e.